The summed E-state index contributed by atoms with van der Waals surface area (Å²) >= 11 is 0. The van der Waals surface area contributed by atoms with Gasteiger partial charge in [-0.15, -0.1) is 6.58 Å². The topological polar surface area (TPSA) is 23.9 Å². The Morgan fingerprint density at radius 3 is 2.18 bits per heavy atom. The molecule has 33 heavy (non-hydrogen) atoms. The summed E-state index contributed by atoms with van der Waals surface area (Å²) in [6.07, 6.45) is 9.42. The molecule has 0 heterocycles. The maximum absolute atomic E-state index is 8.35. The number of nitrogens with one attached hydrogen (secondary N) is 1. The predicted molar refractivity (Wildman–Crippen MR) is 148 cm³/mol. The van der Waals surface area contributed by atoms with Crippen molar-refractivity contribution in [2.24, 2.45) is 5.92 Å². The lowest BCUT2D eigenvalue weighted by molar-refractivity contribution is 0.806. The average Bonchev–Trinajstić information content (AvgIpc) is 2.77. The van der Waals surface area contributed by atoms with Crippen LogP contribution in [-0.2, 0) is 6.42 Å². The second-order valence-electron chi connectivity index (χ2n) is 9.49. The van der Waals surface area contributed by atoms with Crippen LogP contribution in [0.25, 0.3) is 5.57 Å². The summed E-state index contributed by atoms with van der Waals surface area (Å²) in [5.41, 5.74) is 14.8. The molecule has 0 bridgehead atoms. The monoisotopic (exact) mass is 441 g/mol. The molecule has 1 heteroatoms. The van der Waals surface area contributed by atoms with Gasteiger partial charge in [0.15, 0.2) is 0 Å². The van der Waals surface area contributed by atoms with Gasteiger partial charge in [0.1, 0.15) is 0 Å². The molecule has 176 valence electrons. The molecule has 2 rings (SSSR count). The molecule has 1 aromatic rings. The molecule has 1 unspecified atom stereocenters. The van der Waals surface area contributed by atoms with Crippen molar-refractivity contribution in [1.82, 2.24) is 0 Å². The molecule has 0 radical (unpaired) electrons. The predicted octanol–water partition coefficient (Wildman–Crippen LogP) is 9.43. The van der Waals surface area contributed by atoms with Crippen molar-refractivity contribution in [3.8, 4) is 0 Å². The SMILES string of the molecule is C=CC(C(C)=N)C(/C=C(\C)C(=C)/C(CC)=C1/CCCc2c(C)ccc(C)c21)=C(\CC)C(=C)C. The highest BCUT2D eigenvalue weighted by atomic mass is 14.4. The minimum Gasteiger partial charge on any atom is -0.309 e. The van der Waals surface area contributed by atoms with E-state index in [4.69, 9.17) is 5.41 Å². The van der Waals surface area contributed by atoms with Crippen molar-refractivity contribution in [3.05, 3.63) is 99.7 Å². The van der Waals surface area contributed by atoms with Crippen LogP contribution in [0.1, 0.15) is 82.6 Å². The van der Waals surface area contributed by atoms with Crippen molar-refractivity contribution in [1.29, 1.82) is 5.41 Å². The summed E-state index contributed by atoms with van der Waals surface area (Å²) in [6, 6.07) is 4.53. The molecule has 1 atom stereocenters. The lowest BCUT2D eigenvalue weighted by Crippen LogP contribution is -2.12. The van der Waals surface area contributed by atoms with Gasteiger partial charge in [-0.3, -0.25) is 0 Å². The Bertz CT molecular complexity index is 1070. The first kappa shape index (κ1) is 26.6. The molecule has 0 aliphatic heterocycles. The fraction of sp³-hybridized carbons (Fsp3) is 0.406. The minimum absolute atomic E-state index is 0.113. The van der Waals surface area contributed by atoms with E-state index in [2.05, 4.69) is 79.5 Å². The van der Waals surface area contributed by atoms with Gasteiger partial charge >= 0.3 is 0 Å². The molecular formula is C32H43N. The van der Waals surface area contributed by atoms with Crippen molar-refractivity contribution >= 4 is 11.3 Å². The molecule has 0 saturated carbocycles. The third kappa shape index (κ3) is 5.64. The number of aryl methyl sites for hydroxylation is 2. The van der Waals surface area contributed by atoms with Gasteiger partial charge in [-0.05, 0) is 122 Å². The summed E-state index contributed by atoms with van der Waals surface area (Å²) in [4.78, 5) is 0. The van der Waals surface area contributed by atoms with Crippen LogP contribution in [-0.4, -0.2) is 5.71 Å². The molecule has 1 aliphatic rings. The largest absolute Gasteiger partial charge is 0.309 e. The third-order valence-corrected chi connectivity index (χ3v) is 7.10. The molecule has 0 spiro atoms. The quantitative estimate of drug-likeness (QED) is 0.224. The molecule has 0 fully saturated rings. The second-order valence-corrected chi connectivity index (χ2v) is 9.49. The maximum Gasteiger partial charge on any atom is 0.0394 e. The van der Waals surface area contributed by atoms with Crippen LogP contribution in [0.5, 0.6) is 0 Å². The van der Waals surface area contributed by atoms with Crippen LogP contribution in [0.2, 0.25) is 0 Å². The van der Waals surface area contributed by atoms with Gasteiger partial charge < -0.3 is 5.41 Å². The number of fused-ring (bicyclic) bond motifs is 1. The van der Waals surface area contributed by atoms with Crippen LogP contribution >= 0.6 is 0 Å². The Hall–Kier alpha value is -2.67. The summed E-state index contributed by atoms with van der Waals surface area (Å²) < 4.78 is 0. The third-order valence-electron chi connectivity index (χ3n) is 7.10. The van der Waals surface area contributed by atoms with Crippen molar-refractivity contribution < 1.29 is 0 Å². The van der Waals surface area contributed by atoms with E-state index >= 15 is 0 Å². The fourth-order valence-electron chi connectivity index (χ4n) is 5.30. The number of hydrogen-bond donors (Lipinski definition) is 1. The number of rotatable bonds is 9. The standard InChI is InChI=1S/C32H43N/c1-11-26(20(4)5)31(28(13-3)25(10)33)19-23(8)24(9)27(12-2)30-16-14-15-29-21(6)17-18-22(7)32(29)30/h13,17-19,28,33H,3-4,9,11-12,14-16H2,1-2,5-8,10H3/b23-19+,30-27-,31-26+,33-25?. The molecule has 1 nitrogen and oxygen atoms in total. The first-order chi connectivity index (χ1) is 15.6. The number of hydrogen-bond acceptors (Lipinski definition) is 1. The summed E-state index contributed by atoms with van der Waals surface area (Å²) in [5.74, 6) is -0.113. The maximum atomic E-state index is 8.35. The summed E-state index contributed by atoms with van der Waals surface area (Å²) in [7, 11) is 0. The molecular weight excluding hydrogens is 398 g/mol. The Kier molecular flexibility index (Phi) is 9.23. The van der Waals surface area contributed by atoms with E-state index < -0.39 is 0 Å². The zero-order valence-electron chi connectivity index (χ0n) is 22.0. The van der Waals surface area contributed by atoms with Gasteiger partial charge in [-0.2, -0.15) is 0 Å². The van der Waals surface area contributed by atoms with Crippen LogP contribution in [0, 0.1) is 25.2 Å². The Morgan fingerprint density at radius 1 is 1.03 bits per heavy atom. The van der Waals surface area contributed by atoms with Gasteiger partial charge in [-0.25, -0.2) is 0 Å². The molecule has 0 aromatic heterocycles. The lowest BCUT2D eigenvalue weighted by atomic mass is 9.77. The first-order valence-electron chi connectivity index (χ1n) is 12.3. The van der Waals surface area contributed by atoms with Crippen LogP contribution in [0.4, 0.5) is 0 Å². The van der Waals surface area contributed by atoms with Crippen molar-refractivity contribution in [2.75, 3.05) is 0 Å². The van der Waals surface area contributed by atoms with Gasteiger partial charge in [0.05, 0.1) is 0 Å². The minimum atomic E-state index is -0.113. The van der Waals surface area contributed by atoms with E-state index in [-0.39, 0.29) is 5.92 Å². The highest BCUT2D eigenvalue weighted by molar-refractivity contribution is 5.87. The fourth-order valence-corrected chi connectivity index (χ4v) is 5.30. The first-order valence-corrected chi connectivity index (χ1v) is 12.3. The Labute approximate surface area is 202 Å². The van der Waals surface area contributed by atoms with Gasteiger partial charge in [0.2, 0.25) is 0 Å². The average molecular weight is 442 g/mol. The van der Waals surface area contributed by atoms with Crippen molar-refractivity contribution in [3.63, 3.8) is 0 Å². The zero-order valence-corrected chi connectivity index (χ0v) is 22.0. The zero-order chi connectivity index (χ0) is 24.9. The smallest absolute Gasteiger partial charge is 0.0394 e. The highest BCUT2D eigenvalue weighted by Gasteiger charge is 2.23. The molecule has 1 aromatic carbocycles. The Balaban J connectivity index is 2.71. The van der Waals surface area contributed by atoms with Crippen molar-refractivity contribution in [2.45, 2.75) is 80.6 Å². The molecule has 0 amide bonds. The van der Waals surface area contributed by atoms with Gasteiger partial charge in [0.25, 0.3) is 0 Å². The van der Waals surface area contributed by atoms with E-state index in [9.17, 15) is 0 Å². The van der Waals surface area contributed by atoms with Crippen LogP contribution in [0.15, 0.2) is 77.5 Å². The van der Waals surface area contributed by atoms with Gasteiger partial charge in [-0.1, -0.05) is 56.9 Å². The molecule has 1 N–H and O–H groups in total. The van der Waals surface area contributed by atoms with Crippen LogP contribution < -0.4 is 0 Å². The van der Waals surface area contributed by atoms with E-state index in [0.29, 0.717) is 5.71 Å². The second kappa shape index (κ2) is 11.5. The van der Waals surface area contributed by atoms with Gasteiger partial charge in [0, 0.05) is 11.6 Å². The van der Waals surface area contributed by atoms with E-state index in [1.54, 1.807) is 0 Å². The summed E-state index contributed by atoms with van der Waals surface area (Å²) in [5, 5.41) is 8.35. The lowest BCUT2D eigenvalue weighted by Gasteiger charge is -2.27. The molecule has 1 aliphatic carbocycles. The van der Waals surface area contributed by atoms with E-state index in [0.717, 1.165) is 48.0 Å². The highest BCUT2D eigenvalue weighted by Crippen LogP contribution is 2.41. The van der Waals surface area contributed by atoms with E-state index in [1.165, 1.54) is 45.4 Å². The van der Waals surface area contributed by atoms with E-state index in [1.807, 2.05) is 13.0 Å². The normalized spacial score (nSPS) is 17.0. The van der Waals surface area contributed by atoms with Crippen LogP contribution in [0.3, 0.4) is 0 Å². The molecule has 0 saturated heterocycles. The number of benzene rings is 1. The number of allylic oxidation sites excluding steroid dienone is 9. The Morgan fingerprint density at radius 2 is 1.67 bits per heavy atom. The summed E-state index contributed by atoms with van der Waals surface area (Å²) in [6.45, 7) is 27.8.